The molecular weight excluding hydrogens is 306 g/mol. The Morgan fingerprint density at radius 3 is 2.46 bits per heavy atom. The molecule has 0 radical (unpaired) electrons. The smallest absolute Gasteiger partial charge is 0.337 e. The molecule has 0 N–H and O–H groups in total. The van der Waals surface area contributed by atoms with Crippen LogP contribution in [0.4, 0.5) is 0 Å². The molecule has 124 valence electrons. The van der Waals surface area contributed by atoms with E-state index in [1.807, 2.05) is 12.1 Å². The minimum absolute atomic E-state index is 0.368. The Morgan fingerprint density at radius 2 is 1.79 bits per heavy atom. The summed E-state index contributed by atoms with van der Waals surface area (Å²) in [5.41, 5.74) is 2.44. The fraction of sp³-hybridized carbons (Fsp3) is 0.211. The summed E-state index contributed by atoms with van der Waals surface area (Å²) < 4.78 is 9.78. The Balaban J connectivity index is 1.73. The van der Waals surface area contributed by atoms with Gasteiger partial charge in [0.05, 0.1) is 19.3 Å². The summed E-state index contributed by atoms with van der Waals surface area (Å²) in [5.74, 6) is -0.777. The molecule has 2 aromatic rings. The number of rotatable bonds is 7. The number of carbonyl (C=O) groups is 2. The molecule has 5 heteroatoms. The predicted octanol–water partition coefficient (Wildman–Crippen LogP) is 3.06. The van der Waals surface area contributed by atoms with Crippen LogP contribution in [0.5, 0.6) is 0 Å². The molecule has 0 aliphatic carbocycles. The van der Waals surface area contributed by atoms with E-state index in [9.17, 15) is 9.59 Å². The number of hydrogen-bond donors (Lipinski definition) is 0. The number of nitrogens with zero attached hydrogens (tertiary/aromatic N) is 1. The van der Waals surface area contributed by atoms with Crippen LogP contribution in [0.25, 0.3) is 6.08 Å². The maximum Gasteiger partial charge on any atom is 0.337 e. The SMILES string of the molecule is COC(=O)c1ccc(/C=C/C(=O)OCCCc2ccncc2)cc1. The quantitative estimate of drug-likeness (QED) is 0.445. The summed E-state index contributed by atoms with van der Waals surface area (Å²) in [4.78, 5) is 26.9. The van der Waals surface area contributed by atoms with Gasteiger partial charge >= 0.3 is 11.9 Å². The molecule has 0 bridgehead atoms. The molecule has 0 aliphatic rings. The average molecular weight is 325 g/mol. The third-order valence-corrected chi connectivity index (χ3v) is 3.35. The van der Waals surface area contributed by atoms with Crippen LogP contribution in [0, 0.1) is 0 Å². The number of esters is 2. The van der Waals surface area contributed by atoms with Gasteiger partial charge in [-0.2, -0.15) is 0 Å². The third kappa shape index (κ3) is 5.68. The van der Waals surface area contributed by atoms with Crippen LogP contribution in [0.3, 0.4) is 0 Å². The number of aryl methyl sites for hydroxylation is 1. The van der Waals surface area contributed by atoms with Gasteiger partial charge in [0.15, 0.2) is 0 Å². The van der Waals surface area contributed by atoms with E-state index in [1.54, 1.807) is 42.7 Å². The van der Waals surface area contributed by atoms with Crippen molar-refractivity contribution in [3.63, 3.8) is 0 Å². The second kappa shape index (κ2) is 9.25. The van der Waals surface area contributed by atoms with Crippen molar-refractivity contribution < 1.29 is 19.1 Å². The fourth-order valence-corrected chi connectivity index (χ4v) is 2.06. The number of hydrogen-bond acceptors (Lipinski definition) is 5. The molecule has 0 spiro atoms. The average Bonchev–Trinajstić information content (AvgIpc) is 2.64. The zero-order valence-corrected chi connectivity index (χ0v) is 13.5. The van der Waals surface area contributed by atoms with Crippen LogP contribution in [-0.2, 0) is 20.7 Å². The van der Waals surface area contributed by atoms with Gasteiger partial charge in [-0.3, -0.25) is 4.98 Å². The second-order valence-electron chi connectivity index (χ2n) is 5.07. The van der Waals surface area contributed by atoms with E-state index in [4.69, 9.17) is 4.74 Å². The number of benzene rings is 1. The van der Waals surface area contributed by atoms with Gasteiger partial charge in [-0.25, -0.2) is 9.59 Å². The number of carbonyl (C=O) groups excluding carboxylic acids is 2. The van der Waals surface area contributed by atoms with Gasteiger partial charge in [0.2, 0.25) is 0 Å². The molecule has 0 aliphatic heterocycles. The van der Waals surface area contributed by atoms with Crippen molar-refractivity contribution >= 4 is 18.0 Å². The summed E-state index contributed by atoms with van der Waals surface area (Å²) in [6.45, 7) is 0.368. The molecule has 5 nitrogen and oxygen atoms in total. The first-order valence-corrected chi connectivity index (χ1v) is 7.61. The Kier molecular flexibility index (Phi) is 6.71. The van der Waals surface area contributed by atoms with Crippen molar-refractivity contribution in [2.45, 2.75) is 12.8 Å². The van der Waals surface area contributed by atoms with Crippen molar-refractivity contribution in [1.29, 1.82) is 0 Å². The van der Waals surface area contributed by atoms with Gasteiger partial charge in [0.25, 0.3) is 0 Å². The van der Waals surface area contributed by atoms with Crippen LogP contribution < -0.4 is 0 Å². The van der Waals surface area contributed by atoms with Crippen LogP contribution in [-0.4, -0.2) is 30.6 Å². The summed E-state index contributed by atoms with van der Waals surface area (Å²) in [6.07, 6.45) is 8.11. The summed E-state index contributed by atoms with van der Waals surface area (Å²) in [6, 6.07) is 10.6. The van der Waals surface area contributed by atoms with Crippen LogP contribution in [0.15, 0.2) is 54.9 Å². The summed E-state index contributed by atoms with van der Waals surface area (Å²) >= 11 is 0. The fourth-order valence-electron chi connectivity index (χ4n) is 2.06. The number of aromatic nitrogens is 1. The highest BCUT2D eigenvalue weighted by atomic mass is 16.5. The van der Waals surface area contributed by atoms with Gasteiger partial charge in [-0.15, -0.1) is 0 Å². The maximum atomic E-state index is 11.7. The zero-order chi connectivity index (χ0) is 17.2. The maximum absolute atomic E-state index is 11.7. The number of methoxy groups -OCH3 is 1. The zero-order valence-electron chi connectivity index (χ0n) is 13.5. The van der Waals surface area contributed by atoms with E-state index < -0.39 is 0 Å². The lowest BCUT2D eigenvalue weighted by atomic mass is 10.1. The second-order valence-corrected chi connectivity index (χ2v) is 5.07. The first-order chi connectivity index (χ1) is 11.7. The molecule has 1 aromatic carbocycles. The van der Waals surface area contributed by atoms with E-state index in [0.29, 0.717) is 12.2 Å². The van der Waals surface area contributed by atoms with Crippen LogP contribution in [0.1, 0.15) is 27.9 Å². The van der Waals surface area contributed by atoms with E-state index in [2.05, 4.69) is 9.72 Å². The molecule has 1 aromatic heterocycles. The minimum Gasteiger partial charge on any atom is -0.465 e. The molecule has 0 atom stereocenters. The Bertz CT molecular complexity index is 693. The van der Waals surface area contributed by atoms with Gasteiger partial charge in [0.1, 0.15) is 0 Å². The number of pyridine rings is 1. The predicted molar refractivity (Wildman–Crippen MR) is 90.3 cm³/mol. The largest absolute Gasteiger partial charge is 0.465 e. The molecule has 1 heterocycles. The highest BCUT2D eigenvalue weighted by Crippen LogP contribution is 2.07. The molecule has 24 heavy (non-hydrogen) atoms. The highest BCUT2D eigenvalue weighted by molar-refractivity contribution is 5.90. The monoisotopic (exact) mass is 325 g/mol. The first kappa shape index (κ1) is 17.4. The van der Waals surface area contributed by atoms with E-state index >= 15 is 0 Å². The van der Waals surface area contributed by atoms with Crippen molar-refractivity contribution in [3.8, 4) is 0 Å². The van der Waals surface area contributed by atoms with Crippen molar-refractivity contribution in [2.24, 2.45) is 0 Å². The van der Waals surface area contributed by atoms with Crippen LogP contribution >= 0.6 is 0 Å². The lowest BCUT2D eigenvalue weighted by Gasteiger charge is -2.02. The molecule has 2 rings (SSSR count). The molecule has 0 fully saturated rings. The molecular formula is C19H19NO4. The van der Waals surface area contributed by atoms with Gasteiger partial charge in [0, 0.05) is 18.5 Å². The van der Waals surface area contributed by atoms with E-state index in [-0.39, 0.29) is 11.9 Å². The molecule has 0 saturated carbocycles. The summed E-state index contributed by atoms with van der Waals surface area (Å²) in [5, 5.41) is 0. The first-order valence-electron chi connectivity index (χ1n) is 7.61. The van der Waals surface area contributed by atoms with Gasteiger partial charge in [-0.1, -0.05) is 12.1 Å². The minimum atomic E-state index is -0.390. The number of ether oxygens (including phenoxy) is 2. The lowest BCUT2D eigenvalue weighted by Crippen LogP contribution is -2.03. The van der Waals surface area contributed by atoms with Crippen molar-refractivity contribution in [1.82, 2.24) is 4.98 Å². The standard InChI is InChI=1S/C19H19NO4/c1-23-19(22)17-7-4-16(5-8-17)6-9-18(21)24-14-2-3-15-10-12-20-13-11-15/h4-13H,2-3,14H2,1H3/b9-6+. The Hall–Kier alpha value is -2.95. The Labute approximate surface area is 140 Å². The lowest BCUT2D eigenvalue weighted by molar-refractivity contribution is -0.137. The van der Waals surface area contributed by atoms with Crippen LogP contribution in [0.2, 0.25) is 0 Å². The van der Waals surface area contributed by atoms with E-state index in [0.717, 1.165) is 18.4 Å². The third-order valence-electron chi connectivity index (χ3n) is 3.35. The topological polar surface area (TPSA) is 65.5 Å². The highest BCUT2D eigenvalue weighted by Gasteiger charge is 2.03. The normalized spacial score (nSPS) is 10.5. The van der Waals surface area contributed by atoms with Crippen molar-refractivity contribution in [2.75, 3.05) is 13.7 Å². The van der Waals surface area contributed by atoms with Gasteiger partial charge < -0.3 is 9.47 Å². The van der Waals surface area contributed by atoms with E-state index in [1.165, 1.54) is 18.7 Å². The molecule has 0 unspecified atom stereocenters. The summed E-state index contributed by atoms with van der Waals surface area (Å²) in [7, 11) is 1.33. The molecule has 0 amide bonds. The van der Waals surface area contributed by atoms with Gasteiger partial charge in [-0.05, 0) is 54.3 Å². The Morgan fingerprint density at radius 1 is 1.08 bits per heavy atom. The molecule has 0 saturated heterocycles. The van der Waals surface area contributed by atoms with Crippen molar-refractivity contribution in [3.05, 3.63) is 71.6 Å².